The molecule has 1 aromatic carbocycles. The zero-order valence-electron chi connectivity index (χ0n) is 22.8. The molecule has 42 heavy (non-hydrogen) atoms. The molecule has 3 aliphatic rings. The molecule has 5 rings (SSSR count). The topological polar surface area (TPSA) is 173 Å². The van der Waals surface area contributed by atoms with Gasteiger partial charge in [0.25, 0.3) is 5.91 Å². The number of hydrogen-bond acceptors (Lipinski definition) is 6. The Morgan fingerprint density at radius 1 is 1.07 bits per heavy atom. The number of alkyl halides is 2. The number of rotatable bonds is 5. The average Bonchev–Trinajstić information content (AvgIpc) is 3.56. The molecule has 3 atom stereocenters. The lowest BCUT2D eigenvalue weighted by Gasteiger charge is -2.40. The number of nitrogens with zero attached hydrogens (tertiary/aromatic N) is 3. The maximum Gasteiger partial charge on any atom is 0.399 e. The first-order valence-corrected chi connectivity index (χ1v) is 15.2. The smallest absolute Gasteiger partial charge is 0.378 e. The van der Waals surface area contributed by atoms with E-state index < -0.39 is 42.7 Å². The van der Waals surface area contributed by atoms with Crippen LogP contribution in [0.15, 0.2) is 24.3 Å². The van der Waals surface area contributed by atoms with Crippen LogP contribution in [0.3, 0.4) is 0 Å². The van der Waals surface area contributed by atoms with Crippen LogP contribution in [0.25, 0.3) is 10.9 Å². The summed E-state index contributed by atoms with van der Waals surface area (Å²) in [5.74, 6) is -1.72. The molecule has 0 saturated carbocycles. The van der Waals surface area contributed by atoms with Crippen LogP contribution in [0.4, 0.5) is 8.78 Å². The van der Waals surface area contributed by atoms with Crippen LogP contribution in [0.5, 0.6) is 0 Å². The summed E-state index contributed by atoms with van der Waals surface area (Å²) in [6.07, 6.45) is 1.52. The predicted molar refractivity (Wildman–Crippen MR) is 143 cm³/mol. The van der Waals surface area contributed by atoms with Gasteiger partial charge >= 0.3 is 13.3 Å². The Morgan fingerprint density at radius 2 is 1.79 bits per heavy atom. The Morgan fingerprint density at radius 3 is 2.45 bits per heavy atom. The molecule has 4 heterocycles. The van der Waals surface area contributed by atoms with Crippen molar-refractivity contribution in [3.8, 4) is 0 Å². The van der Waals surface area contributed by atoms with Crippen LogP contribution in [-0.2, 0) is 29.3 Å². The number of amides is 4. The van der Waals surface area contributed by atoms with E-state index in [1.165, 1.54) is 24.0 Å². The summed E-state index contributed by atoms with van der Waals surface area (Å²) in [4.78, 5) is 78.6. The van der Waals surface area contributed by atoms with Crippen LogP contribution in [0.1, 0.15) is 42.2 Å². The second-order valence-corrected chi connectivity index (χ2v) is 12.4. The Labute approximate surface area is 239 Å². The minimum absolute atomic E-state index is 0.0928. The van der Waals surface area contributed by atoms with E-state index in [1.54, 1.807) is 9.80 Å². The van der Waals surface area contributed by atoms with Gasteiger partial charge < -0.3 is 39.5 Å². The molecule has 4 amide bonds. The molecule has 0 radical (unpaired) electrons. The summed E-state index contributed by atoms with van der Waals surface area (Å²) in [6, 6.07) is 1.92. The zero-order valence-corrected chi connectivity index (χ0v) is 23.7. The molecule has 3 fully saturated rings. The second-order valence-electron chi connectivity index (χ2n) is 10.8. The number of ether oxygens (including phenoxy) is 1. The fourth-order valence-corrected chi connectivity index (χ4v) is 6.33. The lowest BCUT2D eigenvalue weighted by molar-refractivity contribution is -0.150. The summed E-state index contributed by atoms with van der Waals surface area (Å²) in [7, 11) is -5.79. The highest BCUT2D eigenvalue weighted by Gasteiger charge is 2.50. The van der Waals surface area contributed by atoms with Gasteiger partial charge in [-0.25, -0.2) is 0 Å². The minimum atomic E-state index is -5.79. The van der Waals surface area contributed by atoms with Crippen molar-refractivity contribution in [3.05, 3.63) is 35.5 Å². The maximum atomic E-state index is 14.2. The van der Waals surface area contributed by atoms with E-state index in [9.17, 15) is 32.5 Å². The second kappa shape index (κ2) is 11.4. The van der Waals surface area contributed by atoms with Gasteiger partial charge in [-0.3, -0.25) is 23.7 Å². The van der Waals surface area contributed by atoms with Gasteiger partial charge in [0.2, 0.25) is 17.7 Å². The molecule has 1 aromatic heterocycles. The van der Waals surface area contributed by atoms with E-state index in [2.05, 4.69) is 10.3 Å². The summed E-state index contributed by atoms with van der Waals surface area (Å²) < 4.78 is 45.1. The molecule has 0 bridgehead atoms. The number of morpholine rings is 1. The van der Waals surface area contributed by atoms with Gasteiger partial charge in [0.15, 0.2) is 0 Å². The van der Waals surface area contributed by atoms with Gasteiger partial charge in [-0.05, 0) is 37.5 Å². The first-order valence-electron chi connectivity index (χ1n) is 13.6. The van der Waals surface area contributed by atoms with E-state index in [0.29, 0.717) is 52.1 Å². The Kier molecular flexibility index (Phi) is 8.14. The van der Waals surface area contributed by atoms with Crippen LogP contribution in [-0.4, -0.2) is 111 Å². The molecule has 0 unspecified atom stereocenters. The van der Waals surface area contributed by atoms with E-state index in [0.717, 1.165) is 12.1 Å². The molecular formula is C26H32F2N5O8P. The number of aromatic nitrogens is 1. The highest BCUT2D eigenvalue weighted by Crippen LogP contribution is 2.59. The fraction of sp³-hybridized carbons (Fsp3) is 0.538. The van der Waals surface area contributed by atoms with Crippen molar-refractivity contribution in [2.45, 2.75) is 50.0 Å². The molecular weight excluding hydrogens is 579 g/mol. The highest BCUT2D eigenvalue weighted by atomic mass is 31.2. The van der Waals surface area contributed by atoms with Crippen molar-refractivity contribution in [3.63, 3.8) is 0 Å². The lowest BCUT2D eigenvalue weighted by atomic mass is 10.1. The normalized spacial score (nSPS) is 23.9. The summed E-state index contributed by atoms with van der Waals surface area (Å²) >= 11 is 0. The van der Waals surface area contributed by atoms with E-state index in [4.69, 9.17) is 14.5 Å². The Hall–Kier alpha value is -3.39. The number of halogens is 2. The number of benzene rings is 1. The summed E-state index contributed by atoms with van der Waals surface area (Å²) in [5, 5.41) is 2.74. The quantitative estimate of drug-likeness (QED) is 0.362. The number of aromatic amines is 1. The maximum absolute atomic E-state index is 14.2. The van der Waals surface area contributed by atoms with Crippen molar-refractivity contribution in [2.24, 2.45) is 0 Å². The molecule has 2 aromatic rings. The monoisotopic (exact) mass is 611 g/mol. The van der Waals surface area contributed by atoms with E-state index in [1.807, 2.05) is 0 Å². The van der Waals surface area contributed by atoms with Crippen molar-refractivity contribution < 1.29 is 47.0 Å². The molecule has 13 nitrogen and oxygen atoms in total. The number of carbonyl (C=O) groups is 4. The fourth-order valence-electron chi connectivity index (χ4n) is 5.85. The van der Waals surface area contributed by atoms with Crippen LogP contribution in [0, 0.1) is 0 Å². The number of nitrogens with one attached hydrogen (secondary N) is 2. The largest absolute Gasteiger partial charge is 0.399 e. The molecule has 0 aliphatic carbocycles. The van der Waals surface area contributed by atoms with Gasteiger partial charge in [-0.15, -0.1) is 0 Å². The minimum Gasteiger partial charge on any atom is -0.378 e. The SMILES string of the molecule is CC(=O)N1CC[C@H]2CC[C@@H](C(=O)N3CCOCC3)N2C(=O)[C@@H](NC(=O)c2cc3cc(C(F)(F)P(=O)(O)O)ccc3[nH]2)C1. The Balaban J connectivity index is 1.40. The number of fused-ring (bicyclic) bond motifs is 2. The lowest BCUT2D eigenvalue weighted by Crippen LogP contribution is -2.61. The molecule has 3 saturated heterocycles. The van der Waals surface area contributed by atoms with Gasteiger partial charge in [-0.1, -0.05) is 6.07 Å². The van der Waals surface area contributed by atoms with Crippen LogP contribution >= 0.6 is 7.60 Å². The van der Waals surface area contributed by atoms with Gasteiger partial charge in [-0.2, -0.15) is 8.78 Å². The predicted octanol–water partition coefficient (Wildman–Crippen LogP) is 0.964. The highest BCUT2D eigenvalue weighted by molar-refractivity contribution is 7.52. The Bertz CT molecular complexity index is 1460. The van der Waals surface area contributed by atoms with E-state index in [-0.39, 0.29) is 41.0 Å². The molecule has 4 N–H and O–H groups in total. The summed E-state index contributed by atoms with van der Waals surface area (Å²) in [6.45, 7) is 3.23. The number of H-pyrrole nitrogens is 1. The molecule has 0 spiro atoms. The first kappa shape index (κ1) is 30.1. The van der Waals surface area contributed by atoms with Gasteiger partial charge in [0.05, 0.1) is 13.2 Å². The molecule has 16 heteroatoms. The van der Waals surface area contributed by atoms with E-state index >= 15 is 0 Å². The third kappa shape index (κ3) is 5.65. The first-order chi connectivity index (χ1) is 19.8. The van der Waals surface area contributed by atoms with Crippen molar-refractivity contribution in [2.75, 3.05) is 39.4 Å². The van der Waals surface area contributed by atoms with Gasteiger partial charge in [0.1, 0.15) is 17.8 Å². The summed E-state index contributed by atoms with van der Waals surface area (Å²) in [5.41, 5.74) is -5.19. The van der Waals surface area contributed by atoms with Gasteiger partial charge in [0, 0.05) is 55.6 Å². The average molecular weight is 612 g/mol. The van der Waals surface area contributed by atoms with Crippen LogP contribution < -0.4 is 5.32 Å². The number of carbonyl (C=O) groups excluding carboxylic acids is 4. The number of hydrogen-bond donors (Lipinski definition) is 4. The molecule has 3 aliphatic heterocycles. The third-order valence-corrected chi connectivity index (χ3v) is 9.12. The van der Waals surface area contributed by atoms with Crippen molar-refractivity contribution >= 4 is 42.1 Å². The van der Waals surface area contributed by atoms with Crippen molar-refractivity contribution in [1.82, 2.24) is 25.0 Å². The molecule has 228 valence electrons. The van der Waals surface area contributed by atoms with Crippen LogP contribution in [0.2, 0.25) is 0 Å². The standard InChI is InChI=1S/C26H32F2N5O8P/c1-15(34)32-7-6-18-3-5-22(25(37)31-8-10-41-11-9-31)33(18)24(36)21(14-32)30-23(35)20-13-16-12-17(2-4-19(16)29-20)26(27,28)42(38,39)40/h2,4,12-13,18,21-22,29H,3,5-11,14H2,1H3,(H,30,35)(H2,38,39,40)/t18-,21+,22+/m1/s1. The van der Waals surface area contributed by atoms with Crippen molar-refractivity contribution in [1.29, 1.82) is 0 Å². The third-order valence-electron chi connectivity index (χ3n) is 8.13. The zero-order chi connectivity index (χ0) is 30.4.